The lowest BCUT2D eigenvalue weighted by Crippen LogP contribution is -2.30. The number of carbonyl (C=O) groups excluding carboxylic acids is 2. The minimum atomic E-state index is -3.78. The Morgan fingerprint density at radius 2 is 1.88 bits per heavy atom. The lowest BCUT2D eigenvalue weighted by molar-refractivity contribution is -0.124. The van der Waals surface area contributed by atoms with Crippen molar-refractivity contribution in [1.82, 2.24) is 9.62 Å². The van der Waals surface area contributed by atoms with Crippen molar-refractivity contribution >= 4 is 39.2 Å². The van der Waals surface area contributed by atoms with Crippen molar-refractivity contribution in [2.45, 2.75) is 11.3 Å². The Hall–Kier alpha value is -2.66. The standard InChI is InChI=1S/C21H26ClN3O6S/c1-25(2)32(29,30)17-6-7-19(23-10-11-26)18(13-17)21(28)31-14-20(27)24-9-8-15-4-3-5-16(22)12-15/h3-7,12-13,23,26H,8-11,14H2,1-2H3,(H,24,27). The van der Waals surface area contributed by atoms with E-state index in [4.69, 9.17) is 21.4 Å². The average molecular weight is 484 g/mol. The molecular weight excluding hydrogens is 458 g/mol. The maximum absolute atomic E-state index is 12.6. The van der Waals surface area contributed by atoms with Crippen LogP contribution in [0.5, 0.6) is 0 Å². The smallest absolute Gasteiger partial charge is 0.340 e. The normalized spacial score (nSPS) is 11.3. The number of rotatable bonds is 11. The zero-order valence-corrected chi connectivity index (χ0v) is 19.4. The van der Waals surface area contributed by atoms with Crippen molar-refractivity contribution in [3.8, 4) is 0 Å². The number of nitrogens with zero attached hydrogens (tertiary/aromatic N) is 1. The van der Waals surface area contributed by atoms with E-state index in [-0.39, 0.29) is 29.3 Å². The van der Waals surface area contributed by atoms with E-state index in [1.165, 1.54) is 32.3 Å². The third kappa shape index (κ3) is 7.20. The summed E-state index contributed by atoms with van der Waals surface area (Å²) in [6, 6.07) is 11.2. The molecule has 9 nitrogen and oxygen atoms in total. The molecule has 2 aromatic rings. The number of hydrogen-bond acceptors (Lipinski definition) is 7. The molecule has 0 radical (unpaired) electrons. The first-order valence-corrected chi connectivity index (χ1v) is 11.6. The van der Waals surface area contributed by atoms with Crippen LogP contribution < -0.4 is 10.6 Å². The number of nitrogens with one attached hydrogen (secondary N) is 2. The molecule has 0 spiro atoms. The number of esters is 1. The second kappa shape index (κ2) is 11.8. The number of sulfonamides is 1. The van der Waals surface area contributed by atoms with Crippen molar-refractivity contribution in [1.29, 1.82) is 0 Å². The zero-order valence-electron chi connectivity index (χ0n) is 17.8. The maximum Gasteiger partial charge on any atom is 0.340 e. The van der Waals surface area contributed by atoms with Gasteiger partial charge in [0.05, 0.1) is 17.1 Å². The molecule has 0 fully saturated rings. The van der Waals surface area contributed by atoms with E-state index in [2.05, 4.69) is 10.6 Å². The minimum Gasteiger partial charge on any atom is -0.452 e. The van der Waals surface area contributed by atoms with Crippen molar-refractivity contribution in [3.63, 3.8) is 0 Å². The summed E-state index contributed by atoms with van der Waals surface area (Å²) in [4.78, 5) is 24.5. The Balaban J connectivity index is 2.02. The van der Waals surface area contributed by atoms with Gasteiger partial charge in [0.1, 0.15) is 0 Å². The molecule has 3 N–H and O–H groups in total. The van der Waals surface area contributed by atoms with Crippen LogP contribution in [0.1, 0.15) is 15.9 Å². The summed E-state index contributed by atoms with van der Waals surface area (Å²) in [5, 5.41) is 15.1. The van der Waals surface area contributed by atoms with E-state index in [0.29, 0.717) is 18.0 Å². The fourth-order valence-electron chi connectivity index (χ4n) is 2.71. The highest BCUT2D eigenvalue weighted by molar-refractivity contribution is 7.89. The fraction of sp³-hybridized carbons (Fsp3) is 0.333. The van der Waals surface area contributed by atoms with Gasteiger partial charge in [-0.25, -0.2) is 17.5 Å². The summed E-state index contributed by atoms with van der Waals surface area (Å²) in [6.07, 6.45) is 0.555. The van der Waals surface area contributed by atoms with Crippen LogP contribution in [0.2, 0.25) is 5.02 Å². The number of amides is 1. The quantitative estimate of drug-likeness (QED) is 0.414. The van der Waals surface area contributed by atoms with Crippen molar-refractivity contribution in [2.24, 2.45) is 0 Å². The minimum absolute atomic E-state index is 0.0619. The third-order valence-electron chi connectivity index (χ3n) is 4.38. The summed E-state index contributed by atoms with van der Waals surface area (Å²) >= 11 is 5.93. The van der Waals surface area contributed by atoms with E-state index >= 15 is 0 Å². The van der Waals surface area contributed by atoms with Gasteiger partial charge in [-0.1, -0.05) is 23.7 Å². The van der Waals surface area contributed by atoms with E-state index in [0.717, 1.165) is 9.87 Å². The lowest BCUT2D eigenvalue weighted by atomic mass is 10.1. The van der Waals surface area contributed by atoms with Gasteiger partial charge in [0.15, 0.2) is 6.61 Å². The Morgan fingerprint density at radius 1 is 1.12 bits per heavy atom. The van der Waals surface area contributed by atoms with Crippen LogP contribution in [-0.4, -0.2) is 70.1 Å². The molecule has 0 aliphatic rings. The van der Waals surface area contributed by atoms with Crippen molar-refractivity contribution < 1.29 is 27.9 Å². The van der Waals surface area contributed by atoms with Crippen LogP contribution in [0.4, 0.5) is 5.69 Å². The molecule has 0 aliphatic carbocycles. The van der Waals surface area contributed by atoms with Crippen molar-refractivity contribution in [2.75, 3.05) is 45.7 Å². The van der Waals surface area contributed by atoms with Crippen LogP contribution in [-0.2, 0) is 26.0 Å². The first-order valence-electron chi connectivity index (χ1n) is 9.74. The number of benzene rings is 2. The van der Waals surface area contributed by atoms with E-state index in [9.17, 15) is 18.0 Å². The molecule has 0 bridgehead atoms. The van der Waals surface area contributed by atoms with Gasteiger partial charge in [-0.05, 0) is 42.3 Å². The molecule has 0 saturated carbocycles. The number of halogens is 1. The predicted molar refractivity (Wildman–Crippen MR) is 121 cm³/mol. The predicted octanol–water partition coefficient (Wildman–Crippen LogP) is 1.51. The molecule has 0 saturated heterocycles. The van der Waals surface area contributed by atoms with Crippen LogP contribution in [0.15, 0.2) is 47.4 Å². The molecule has 0 unspecified atom stereocenters. The fourth-order valence-corrected chi connectivity index (χ4v) is 3.85. The third-order valence-corrected chi connectivity index (χ3v) is 6.42. The lowest BCUT2D eigenvalue weighted by Gasteiger charge is -2.15. The Morgan fingerprint density at radius 3 is 2.53 bits per heavy atom. The van der Waals surface area contributed by atoms with E-state index < -0.39 is 28.5 Å². The van der Waals surface area contributed by atoms with E-state index in [1.54, 1.807) is 12.1 Å². The largest absolute Gasteiger partial charge is 0.452 e. The highest BCUT2D eigenvalue weighted by Crippen LogP contribution is 2.23. The van der Waals surface area contributed by atoms with Crippen LogP contribution >= 0.6 is 11.6 Å². The summed E-state index contributed by atoms with van der Waals surface area (Å²) in [5.41, 5.74) is 1.17. The molecular formula is C21H26ClN3O6S. The molecule has 2 rings (SSSR count). The summed E-state index contributed by atoms with van der Waals surface area (Å²) in [7, 11) is -1.04. The Kier molecular flexibility index (Phi) is 9.45. The summed E-state index contributed by atoms with van der Waals surface area (Å²) in [5.74, 6) is -1.37. The molecule has 1 amide bonds. The second-order valence-electron chi connectivity index (χ2n) is 6.95. The molecule has 0 aromatic heterocycles. The van der Waals surface area contributed by atoms with Gasteiger partial charge in [0.2, 0.25) is 10.0 Å². The number of aliphatic hydroxyl groups is 1. The first-order chi connectivity index (χ1) is 15.1. The SMILES string of the molecule is CN(C)S(=O)(=O)c1ccc(NCCO)c(C(=O)OCC(=O)NCCc2cccc(Cl)c2)c1. The Labute approximate surface area is 192 Å². The van der Waals surface area contributed by atoms with E-state index in [1.807, 2.05) is 12.1 Å². The van der Waals surface area contributed by atoms with Crippen LogP contribution in [0.3, 0.4) is 0 Å². The molecule has 32 heavy (non-hydrogen) atoms. The summed E-state index contributed by atoms with van der Waals surface area (Å²) in [6.45, 7) is -0.250. The number of carbonyl (C=O) groups is 2. The average Bonchev–Trinajstić information content (AvgIpc) is 2.75. The van der Waals surface area contributed by atoms with Gasteiger partial charge >= 0.3 is 5.97 Å². The van der Waals surface area contributed by atoms with Gasteiger partial charge in [-0.15, -0.1) is 0 Å². The highest BCUT2D eigenvalue weighted by atomic mass is 35.5. The maximum atomic E-state index is 12.6. The van der Waals surface area contributed by atoms with Gasteiger partial charge in [-0.2, -0.15) is 0 Å². The van der Waals surface area contributed by atoms with Crippen molar-refractivity contribution in [3.05, 3.63) is 58.6 Å². The monoisotopic (exact) mass is 483 g/mol. The van der Waals surface area contributed by atoms with Gasteiger partial charge in [0, 0.05) is 37.9 Å². The van der Waals surface area contributed by atoms with Gasteiger partial charge in [0.25, 0.3) is 5.91 Å². The Bertz CT molecular complexity index is 1060. The van der Waals surface area contributed by atoms with Crippen LogP contribution in [0.25, 0.3) is 0 Å². The van der Waals surface area contributed by atoms with Crippen LogP contribution in [0, 0.1) is 0 Å². The van der Waals surface area contributed by atoms with Gasteiger partial charge in [-0.3, -0.25) is 4.79 Å². The number of ether oxygens (including phenoxy) is 1. The molecule has 0 heterocycles. The van der Waals surface area contributed by atoms with Gasteiger partial charge < -0.3 is 20.5 Å². The molecule has 174 valence electrons. The summed E-state index contributed by atoms with van der Waals surface area (Å²) < 4.78 is 30.9. The molecule has 2 aromatic carbocycles. The molecule has 0 atom stereocenters. The molecule has 11 heteroatoms. The number of anilines is 1. The first kappa shape index (κ1) is 25.6. The number of hydrogen-bond donors (Lipinski definition) is 3. The topological polar surface area (TPSA) is 125 Å². The zero-order chi connectivity index (χ0) is 23.7. The highest BCUT2D eigenvalue weighted by Gasteiger charge is 2.22. The number of aliphatic hydroxyl groups excluding tert-OH is 1. The second-order valence-corrected chi connectivity index (χ2v) is 9.54. The molecule has 0 aliphatic heterocycles.